The number of fused-ring (bicyclic) bond motifs is 4. The lowest BCUT2D eigenvalue weighted by atomic mass is 9.90. The number of alkyl halides is 2. The Morgan fingerprint density at radius 3 is 2.83 bits per heavy atom. The fourth-order valence-electron chi connectivity index (χ4n) is 6.52. The Hall–Kier alpha value is -3.27. The van der Waals surface area contributed by atoms with Crippen LogP contribution >= 0.6 is 11.3 Å². The van der Waals surface area contributed by atoms with Crippen molar-refractivity contribution in [3.8, 4) is 11.3 Å². The molecule has 2 aliphatic heterocycles. The minimum Gasteiger partial charge on any atom is -0.609 e. The van der Waals surface area contributed by atoms with E-state index in [0.717, 1.165) is 19.3 Å². The average molecular weight is 669 g/mol. The fourth-order valence-corrected chi connectivity index (χ4v) is 8.18. The number of halogens is 2. The van der Waals surface area contributed by atoms with Crippen LogP contribution in [0, 0.1) is 6.92 Å². The van der Waals surface area contributed by atoms with Gasteiger partial charge in [-0.3, -0.25) is 4.98 Å². The van der Waals surface area contributed by atoms with Crippen molar-refractivity contribution in [3.63, 3.8) is 0 Å². The summed E-state index contributed by atoms with van der Waals surface area (Å²) < 4.78 is 58.5. The van der Waals surface area contributed by atoms with E-state index in [4.69, 9.17) is 19.4 Å². The SMILES string of the molecule is C=CC(F)(F)c1c(C)cc2c(cnn2C2CCCCO2)c1-c1nccc2c1sc1nc([S+](C)[O-])nc(N3CCOC[C@@](C)(O)C3)c12. The molecule has 0 saturated carbocycles. The Bertz CT molecular complexity index is 1970. The second-order valence-corrected chi connectivity index (χ2v) is 14.5. The van der Waals surface area contributed by atoms with Gasteiger partial charge in [-0.1, -0.05) is 6.58 Å². The Balaban J connectivity index is 1.53. The number of aliphatic hydroxyl groups is 1. The molecule has 5 aromatic rings. The third kappa shape index (κ3) is 5.34. The van der Waals surface area contributed by atoms with Crippen LogP contribution in [0.15, 0.2) is 42.3 Å². The number of thiophene rings is 1. The van der Waals surface area contributed by atoms with Crippen LogP contribution in [-0.4, -0.2) is 79.2 Å². The van der Waals surface area contributed by atoms with Crippen molar-refractivity contribution in [2.75, 3.05) is 44.1 Å². The topological polar surface area (TPSA) is 121 Å². The van der Waals surface area contributed by atoms with Crippen LogP contribution in [0.2, 0.25) is 0 Å². The van der Waals surface area contributed by atoms with Gasteiger partial charge in [-0.05, 0) is 56.9 Å². The van der Waals surface area contributed by atoms with Gasteiger partial charge in [0.25, 0.3) is 5.92 Å². The maximum atomic E-state index is 15.9. The highest BCUT2D eigenvalue weighted by atomic mass is 32.2. The molecular weight excluding hydrogens is 635 g/mol. The summed E-state index contributed by atoms with van der Waals surface area (Å²) in [6.07, 6.45) is 7.81. The van der Waals surface area contributed by atoms with E-state index in [1.165, 1.54) is 17.6 Å². The molecule has 14 heteroatoms. The minimum atomic E-state index is -3.37. The standard InChI is InChI=1S/C32H34F2N6O4S2/c1-5-32(33,34)25-18(2)14-21-20(15-36-40(21)22-8-6-7-12-44-22)23(25)26-27-19(9-10-35-26)24-28(37-30(46(4)42)38-29(24)45-27)39-11-13-43-17-31(3,41)16-39/h5,9-10,14-15,22,41H,1,6-8,11-13,16-17H2,2-4H3/t22?,31-,46?/m0/s1. The van der Waals surface area contributed by atoms with Crippen molar-refractivity contribution >= 4 is 59.5 Å². The molecule has 0 aliphatic carbocycles. The smallest absolute Gasteiger partial charge is 0.345 e. The average Bonchev–Trinajstić information content (AvgIpc) is 3.57. The lowest BCUT2D eigenvalue weighted by Crippen LogP contribution is -2.42. The number of hydrogen-bond donors (Lipinski definition) is 1. The third-order valence-electron chi connectivity index (χ3n) is 8.57. The highest BCUT2D eigenvalue weighted by Gasteiger charge is 2.37. The van der Waals surface area contributed by atoms with Gasteiger partial charge in [0.15, 0.2) is 6.23 Å². The second kappa shape index (κ2) is 11.8. The van der Waals surface area contributed by atoms with E-state index in [2.05, 4.69) is 16.7 Å². The van der Waals surface area contributed by atoms with Crippen LogP contribution in [-0.2, 0) is 26.6 Å². The zero-order valence-electron chi connectivity index (χ0n) is 25.8. The molecule has 2 unspecified atom stereocenters. The Kier molecular flexibility index (Phi) is 8.01. The lowest BCUT2D eigenvalue weighted by molar-refractivity contribution is -0.0366. The Morgan fingerprint density at radius 2 is 2.09 bits per heavy atom. The number of allylic oxidation sites excluding steroid dienone is 1. The van der Waals surface area contributed by atoms with Gasteiger partial charge in [0.05, 0.1) is 47.3 Å². The molecule has 0 spiro atoms. The predicted molar refractivity (Wildman–Crippen MR) is 175 cm³/mol. The second-order valence-electron chi connectivity index (χ2n) is 12.2. The van der Waals surface area contributed by atoms with Gasteiger partial charge >= 0.3 is 5.16 Å². The molecule has 10 nitrogen and oxygen atoms in total. The zero-order chi connectivity index (χ0) is 32.4. The molecule has 2 fully saturated rings. The number of pyridine rings is 1. The maximum absolute atomic E-state index is 15.9. The summed E-state index contributed by atoms with van der Waals surface area (Å²) in [5, 5.41) is 17.7. The van der Waals surface area contributed by atoms with Crippen molar-refractivity contribution in [2.45, 2.75) is 56.0 Å². The number of rotatable bonds is 6. The lowest BCUT2D eigenvalue weighted by Gasteiger charge is -2.28. The van der Waals surface area contributed by atoms with Crippen molar-refractivity contribution in [2.24, 2.45) is 0 Å². The molecule has 242 valence electrons. The maximum Gasteiger partial charge on any atom is 0.345 e. The van der Waals surface area contributed by atoms with Gasteiger partial charge in [-0.15, -0.1) is 11.3 Å². The minimum absolute atomic E-state index is 0.138. The summed E-state index contributed by atoms with van der Waals surface area (Å²) in [4.78, 5) is 16.6. The van der Waals surface area contributed by atoms with Crippen molar-refractivity contribution < 1.29 is 27.9 Å². The van der Waals surface area contributed by atoms with Crippen LogP contribution in [0.25, 0.3) is 42.5 Å². The van der Waals surface area contributed by atoms with Crippen LogP contribution in [0.1, 0.15) is 43.5 Å². The Labute approximate surface area is 271 Å². The number of ether oxygens (including phenoxy) is 2. The number of aromatic nitrogens is 5. The van der Waals surface area contributed by atoms with E-state index in [1.807, 2.05) is 11.0 Å². The van der Waals surface area contributed by atoms with E-state index in [1.54, 1.807) is 37.0 Å². The first-order chi connectivity index (χ1) is 22.0. The summed E-state index contributed by atoms with van der Waals surface area (Å²) >= 11 is -0.226. The quantitative estimate of drug-likeness (QED) is 0.135. The number of anilines is 1. The number of nitrogens with zero attached hydrogens (tertiary/aromatic N) is 6. The zero-order valence-corrected chi connectivity index (χ0v) is 27.4. The van der Waals surface area contributed by atoms with Crippen molar-refractivity contribution in [1.82, 2.24) is 24.7 Å². The number of benzene rings is 1. The molecule has 46 heavy (non-hydrogen) atoms. The molecule has 2 saturated heterocycles. The van der Waals surface area contributed by atoms with E-state index in [-0.39, 0.29) is 35.7 Å². The van der Waals surface area contributed by atoms with Crippen molar-refractivity contribution in [1.29, 1.82) is 0 Å². The molecule has 7 rings (SSSR count). The van der Waals surface area contributed by atoms with Crippen molar-refractivity contribution in [3.05, 3.63) is 48.3 Å². The van der Waals surface area contributed by atoms with Crippen LogP contribution in [0.5, 0.6) is 0 Å². The van der Waals surface area contributed by atoms with Crippen LogP contribution < -0.4 is 4.90 Å². The molecule has 6 heterocycles. The van der Waals surface area contributed by atoms with Gasteiger partial charge in [0, 0.05) is 52.4 Å². The molecular formula is C32H34F2N6O4S2. The summed E-state index contributed by atoms with van der Waals surface area (Å²) in [6.45, 7) is 8.60. The van der Waals surface area contributed by atoms with Gasteiger partial charge in [-0.2, -0.15) is 23.8 Å². The monoisotopic (exact) mass is 668 g/mol. The van der Waals surface area contributed by atoms with E-state index >= 15 is 8.78 Å². The van der Waals surface area contributed by atoms with E-state index in [0.29, 0.717) is 74.1 Å². The van der Waals surface area contributed by atoms with Gasteiger partial charge in [0.1, 0.15) is 22.5 Å². The molecule has 0 radical (unpaired) electrons. The first-order valence-electron chi connectivity index (χ1n) is 15.1. The van der Waals surface area contributed by atoms with Gasteiger partial charge < -0.3 is 24.0 Å². The highest BCUT2D eigenvalue weighted by Crippen LogP contribution is 2.48. The summed E-state index contributed by atoms with van der Waals surface area (Å²) in [6, 6.07) is 3.55. The van der Waals surface area contributed by atoms with Gasteiger partial charge in [-0.25, -0.2) is 4.68 Å². The summed E-state index contributed by atoms with van der Waals surface area (Å²) in [5.74, 6) is -2.87. The number of β-amino-alcohol motifs (C(OH)–C–C–N with tert-alkyl or cyclic N) is 1. The molecule has 1 N–H and O–H groups in total. The first kappa shape index (κ1) is 31.3. The first-order valence-corrected chi connectivity index (χ1v) is 17.5. The van der Waals surface area contributed by atoms with E-state index in [9.17, 15) is 9.66 Å². The normalized spacial score (nSPS) is 22.1. The van der Waals surface area contributed by atoms with Crippen LogP contribution in [0.4, 0.5) is 14.6 Å². The fraction of sp³-hybridized carbons (Fsp3) is 0.438. The molecule has 4 aromatic heterocycles. The molecule has 0 bridgehead atoms. The van der Waals surface area contributed by atoms with E-state index < -0.39 is 22.7 Å². The highest BCUT2D eigenvalue weighted by molar-refractivity contribution is 7.90. The molecule has 1 aromatic carbocycles. The Morgan fingerprint density at radius 1 is 1.26 bits per heavy atom. The summed E-state index contributed by atoms with van der Waals surface area (Å²) in [7, 11) is 0. The molecule has 2 aliphatic rings. The summed E-state index contributed by atoms with van der Waals surface area (Å²) in [5.41, 5.74) is 0.321. The molecule has 3 atom stereocenters. The van der Waals surface area contributed by atoms with Crippen LogP contribution in [0.3, 0.4) is 0 Å². The molecule has 0 amide bonds. The predicted octanol–water partition coefficient (Wildman–Crippen LogP) is 5.87. The number of hydrogen-bond acceptors (Lipinski definition) is 10. The number of aryl methyl sites for hydroxylation is 1. The largest absolute Gasteiger partial charge is 0.609 e. The van der Waals surface area contributed by atoms with Gasteiger partial charge in [0.2, 0.25) is 0 Å². The third-order valence-corrected chi connectivity index (χ3v) is 10.4.